The third-order valence-electron chi connectivity index (χ3n) is 10.6. The maximum Gasteiger partial charge on any atom is 0.161 e. The molecule has 4 heteroatoms. The van der Waals surface area contributed by atoms with Crippen molar-refractivity contribution in [1.29, 1.82) is 0 Å². The van der Waals surface area contributed by atoms with E-state index in [1.54, 1.807) is 11.3 Å². The first kappa shape index (κ1) is 29.4. The lowest BCUT2D eigenvalue weighted by molar-refractivity contribution is 0.599. The summed E-state index contributed by atoms with van der Waals surface area (Å²) in [4.78, 5) is 10.7. The lowest BCUT2D eigenvalue weighted by atomic mass is 9.89. The van der Waals surface area contributed by atoms with Crippen molar-refractivity contribution in [3.05, 3.63) is 169 Å². The zero-order valence-corrected chi connectivity index (χ0v) is 29.0. The molecule has 0 saturated carbocycles. The zero-order chi connectivity index (χ0) is 34.2. The van der Waals surface area contributed by atoms with Gasteiger partial charge in [0.2, 0.25) is 0 Å². The molecule has 0 saturated heterocycles. The second kappa shape index (κ2) is 11.6. The first-order chi connectivity index (χ1) is 25.7. The van der Waals surface area contributed by atoms with Crippen molar-refractivity contribution in [1.82, 2.24) is 9.97 Å². The molecule has 0 unspecified atom stereocenters. The minimum atomic E-state index is 0.738. The van der Waals surface area contributed by atoms with Gasteiger partial charge in [-0.2, -0.15) is 0 Å². The molecule has 0 fully saturated rings. The number of furan rings is 1. The van der Waals surface area contributed by atoms with Gasteiger partial charge < -0.3 is 4.42 Å². The minimum absolute atomic E-state index is 0.738. The van der Waals surface area contributed by atoms with E-state index in [4.69, 9.17) is 14.4 Å². The van der Waals surface area contributed by atoms with Crippen molar-refractivity contribution in [2.24, 2.45) is 0 Å². The lowest BCUT2D eigenvalue weighted by Crippen LogP contribution is -1.97. The molecule has 0 atom stereocenters. The van der Waals surface area contributed by atoms with Crippen LogP contribution in [0.5, 0.6) is 0 Å². The summed E-state index contributed by atoms with van der Waals surface area (Å²) >= 11 is 1.76. The highest BCUT2D eigenvalue weighted by Gasteiger charge is 2.24. The Bertz CT molecular complexity index is 3060. The van der Waals surface area contributed by atoms with Crippen molar-refractivity contribution in [2.75, 3.05) is 0 Å². The van der Waals surface area contributed by atoms with Gasteiger partial charge in [0.25, 0.3) is 0 Å². The summed E-state index contributed by atoms with van der Waals surface area (Å²) in [7, 11) is 0. The molecule has 0 bridgehead atoms. The van der Waals surface area contributed by atoms with Gasteiger partial charge in [0, 0.05) is 37.5 Å². The number of aryl methyl sites for hydroxylation is 1. The van der Waals surface area contributed by atoms with Crippen LogP contribution in [0.2, 0.25) is 0 Å². The van der Waals surface area contributed by atoms with Crippen LogP contribution in [0.25, 0.3) is 98.2 Å². The van der Waals surface area contributed by atoms with E-state index < -0.39 is 0 Å². The normalized spacial score (nSPS) is 13.0. The van der Waals surface area contributed by atoms with Crippen molar-refractivity contribution in [3.63, 3.8) is 0 Å². The van der Waals surface area contributed by atoms with Crippen LogP contribution in [-0.2, 0) is 6.42 Å². The van der Waals surface area contributed by atoms with E-state index in [1.165, 1.54) is 43.3 Å². The number of benzene rings is 7. The molecule has 0 spiro atoms. The number of rotatable bonds is 4. The highest BCUT2D eigenvalue weighted by atomic mass is 32.1. The molecule has 1 aliphatic rings. The monoisotopic (exact) mass is 682 g/mol. The number of allylic oxidation sites excluding steroid dienone is 1. The molecule has 0 radical (unpaired) electrons. The number of aromatic nitrogens is 2. The molecule has 0 amide bonds. The molecule has 244 valence electrons. The van der Waals surface area contributed by atoms with E-state index in [-0.39, 0.29) is 0 Å². The van der Waals surface area contributed by atoms with Crippen LogP contribution in [0.4, 0.5) is 0 Å². The third kappa shape index (κ3) is 4.65. The van der Waals surface area contributed by atoms with Gasteiger partial charge in [-0.05, 0) is 75.5 Å². The SMILES string of the molecule is C1=C(c2ccc(-c3ccc4ccccc4c3)cc2)CCc2c1oc1c2cc(-c2nc(-c3ccccc3)c3sc4ccccc4c3n2)c2ccccc21. The lowest BCUT2D eigenvalue weighted by Gasteiger charge is -2.14. The van der Waals surface area contributed by atoms with Gasteiger partial charge in [0.1, 0.15) is 11.3 Å². The predicted octanol–water partition coefficient (Wildman–Crippen LogP) is 13.4. The van der Waals surface area contributed by atoms with Crippen LogP contribution < -0.4 is 0 Å². The van der Waals surface area contributed by atoms with E-state index in [1.807, 2.05) is 0 Å². The molecule has 52 heavy (non-hydrogen) atoms. The molecule has 11 rings (SSSR count). The molecule has 7 aromatic carbocycles. The van der Waals surface area contributed by atoms with Gasteiger partial charge in [-0.15, -0.1) is 11.3 Å². The van der Waals surface area contributed by atoms with E-state index in [0.29, 0.717) is 0 Å². The average molecular weight is 683 g/mol. The predicted molar refractivity (Wildman–Crippen MR) is 219 cm³/mol. The molecular formula is C48H30N2OS. The van der Waals surface area contributed by atoms with E-state index in [2.05, 4.69) is 158 Å². The fourth-order valence-electron chi connectivity index (χ4n) is 8.01. The van der Waals surface area contributed by atoms with Crippen molar-refractivity contribution >= 4 is 75.8 Å². The number of hydrogen-bond acceptors (Lipinski definition) is 4. The van der Waals surface area contributed by atoms with Crippen LogP contribution in [0.3, 0.4) is 0 Å². The topological polar surface area (TPSA) is 38.9 Å². The standard InChI is InChI=1S/C48H30N2OS/c1-2-11-32(12-3-1)44-47-45(39-16-8-9-17-43(39)52-47)50-48(49-44)41-28-40-37-25-24-35(27-42(37)51-46(40)38-15-7-6-14-36(38)41)31-20-18-30(19-21-31)34-23-22-29-10-4-5-13-33(29)26-34/h1-23,26-28H,24-25H2. The largest absolute Gasteiger partial charge is 0.456 e. The second-order valence-electron chi connectivity index (χ2n) is 13.6. The maximum atomic E-state index is 6.77. The van der Waals surface area contributed by atoms with Gasteiger partial charge in [0.05, 0.1) is 15.9 Å². The summed E-state index contributed by atoms with van der Waals surface area (Å²) in [6.07, 6.45) is 4.11. The molecule has 3 nitrogen and oxygen atoms in total. The van der Waals surface area contributed by atoms with Crippen molar-refractivity contribution in [3.8, 4) is 33.8 Å². The molecule has 3 heterocycles. The summed E-state index contributed by atoms with van der Waals surface area (Å²) in [5, 5.41) is 7.00. The highest BCUT2D eigenvalue weighted by molar-refractivity contribution is 7.26. The highest BCUT2D eigenvalue weighted by Crippen LogP contribution is 2.44. The molecule has 0 aliphatic heterocycles. The maximum absolute atomic E-state index is 6.77. The average Bonchev–Trinajstić information content (AvgIpc) is 3.78. The second-order valence-corrected chi connectivity index (χ2v) is 14.7. The summed E-state index contributed by atoms with van der Waals surface area (Å²) in [5.74, 6) is 1.68. The molecular weight excluding hydrogens is 653 g/mol. The van der Waals surface area contributed by atoms with Gasteiger partial charge in [-0.25, -0.2) is 9.97 Å². The van der Waals surface area contributed by atoms with Crippen LogP contribution in [-0.4, -0.2) is 9.97 Å². The number of nitrogens with zero attached hydrogens (tertiary/aromatic N) is 2. The summed E-state index contributed by atoms with van der Waals surface area (Å²) in [6, 6.07) is 54.1. The smallest absolute Gasteiger partial charge is 0.161 e. The third-order valence-corrected chi connectivity index (χ3v) is 11.8. The Morgan fingerprint density at radius 2 is 1.23 bits per heavy atom. The first-order valence-electron chi connectivity index (χ1n) is 17.8. The Morgan fingerprint density at radius 1 is 0.519 bits per heavy atom. The van der Waals surface area contributed by atoms with Gasteiger partial charge in [-0.3, -0.25) is 0 Å². The summed E-state index contributed by atoms with van der Waals surface area (Å²) in [6.45, 7) is 0. The van der Waals surface area contributed by atoms with Gasteiger partial charge in [0.15, 0.2) is 5.82 Å². The van der Waals surface area contributed by atoms with Gasteiger partial charge >= 0.3 is 0 Å². The zero-order valence-electron chi connectivity index (χ0n) is 28.1. The Morgan fingerprint density at radius 3 is 2.10 bits per heavy atom. The minimum Gasteiger partial charge on any atom is -0.456 e. The Labute approximate surface area is 304 Å². The number of hydrogen-bond donors (Lipinski definition) is 0. The molecule has 1 aliphatic carbocycles. The van der Waals surface area contributed by atoms with E-state index >= 15 is 0 Å². The molecule has 10 aromatic rings. The van der Waals surface area contributed by atoms with Crippen LogP contribution >= 0.6 is 11.3 Å². The van der Waals surface area contributed by atoms with Crippen LogP contribution in [0.1, 0.15) is 23.3 Å². The van der Waals surface area contributed by atoms with Crippen LogP contribution in [0.15, 0.2) is 156 Å². The summed E-state index contributed by atoms with van der Waals surface area (Å²) < 4.78 is 9.11. The Hall–Kier alpha value is -6.36. The van der Waals surface area contributed by atoms with E-state index in [9.17, 15) is 0 Å². The Kier molecular flexibility index (Phi) is 6.55. The van der Waals surface area contributed by atoms with Crippen LogP contribution in [0, 0.1) is 0 Å². The van der Waals surface area contributed by atoms with Gasteiger partial charge in [-0.1, -0.05) is 133 Å². The van der Waals surface area contributed by atoms with Crippen molar-refractivity contribution in [2.45, 2.75) is 12.8 Å². The summed E-state index contributed by atoms with van der Waals surface area (Å²) in [5.41, 5.74) is 11.3. The number of thiophene rings is 1. The fourth-order valence-corrected chi connectivity index (χ4v) is 9.17. The fraction of sp³-hybridized carbons (Fsp3) is 0.0417. The molecule has 0 N–H and O–H groups in total. The molecule has 3 aromatic heterocycles. The quantitative estimate of drug-likeness (QED) is 0.185. The van der Waals surface area contributed by atoms with E-state index in [0.717, 1.165) is 78.6 Å². The Balaban J connectivity index is 1.04. The number of fused-ring (bicyclic) bond motifs is 9. The van der Waals surface area contributed by atoms with Crippen molar-refractivity contribution < 1.29 is 4.42 Å². The first-order valence-corrected chi connectivity index (χ1v) is 18.6.